The number of halogens is 1. The lowest BCUT2D eigenvalue weighted by Gasteiger charge is -2.20. The van der Waals surface area contributed by atoms with Crippen LogP contribution in [0.4, 0.5) is 5.69 Å². The quantitative estimate of drug-likeness (QED) is 0.628. The summed E-state index contributed by atoms with van der Waals surface area (Å²) in [7, 11) is 1.30. The molecule has 1 spiro atoms. The monoisotopic (exact) mass is 322 g/mol. The van der Waals surface area contributed by atoms with Crippen LogP contribution in [0.25, 0.3) is 0 Å². The number of carbonyl (C=O) groups is 4. The van der Waals surface area contributed by atoms with E-state index in [4.69, 9.17) is 16.7 Å². The molecule has 0 saturated carbocycles. The number of carboxylic acid groups (broad SMARTS) is 1. The molecule has 114 valence electrons. The Balaban J connectivity index is 2.24. The van der Waals surface area contributed by atoms with Gasteiger partial charge in [-0.25, -0.2) is 0 Å². The molecule has 1 aromatic rings. The Morgan fingerprint density at radius 1 is 1.32 bits per heavy atom. The number of amides is 3. The van der Waals surface area contributed by atoms with Gasteiger partial charge in [0.1, 0.15) is 6.54 Å². The third kappa shape index (κ3) is 1.69. The van der Waals surface area contributed by atoms with Gasteiger partial charge in [0.05, 0.1) is 6.42 Å². The number of aliphatic carboxylic acids is 1. The summed E-state index contributed by atoms with van der Waals surface area (Å²) in [5.74, 6) is -3.05. The minimum absolute atomic E-state index is 0.286. The second-order valence-corrected chi connectivity index (χ2v) is 5.72. The normalized spacial score (nSPS) is 23.6. The predicted molar refractivity (Wildman–Crippen MR) is 75.5 cm³/mol. The molecule has 1 aromatic carbocycles. The van der Waals surface area contributed by atoms with Gasteiger partial charge >= 0.3 is 5.97 Å². The molecule has 0 aromatic heterocycles. The highest BCUT2D eigenvalue weighted by atomic mass is 35.5. The van der Waals surface area contributed by atoms with Gasteiger partial charge in [-0.15, -0.1) is 0 Å². The average Bonchev–Trinajstić information content (AvgIpc) is 2.81. The first-order valence-corrected chi connectivity index (χ1v) is 6.81. The fraction of sp³-hybridized carbons (Fsp3) is 0.286. The Morgan fingerprint density at radius 2 is 2.00 bits per heavy atom. The molecule has 0 bridgehead atoms. The SMILES string of the molecule is CN1C(=O)CC2(C1=O)C(=O)N(CC(=O)O)c1ccc(Cl)cc12. The van der Waals surface area contributed by atoms with E-state index < -0.39 is 35.7 Å². The van der Waals surface area contributed by atoms with Crippen LogP contribution < -0.4 is 4.90 Å². The summed E-state index contributed by atoms with van der Waals surface area (Å²) in [6, 6.07) is 4.44. The predicted octanol–water partition coefficient (Wildman–Crippen LogP) is 0.398. The summed E-state index contributed by atoms with van der Waals surface area (Å²) in [6.45, 7) is -0.583. The van der Waals surface area contributed by atoms with E-state index in [2.05, 4.69) is 0 Å². The van der Waals surface area contributed by atoms with Crippen molar-refractivity contribution in [1.82, 2.24) is 4.90 Å². The Labute approximate surface area is 130 Å². The van der Waals surface area contributed by atoms with E-state index in [-0.39, 0.29) is 12.0 Å². The lowest BCUT2D eigenvalue weighted by molar-refractivity contribution is -0.142. The zero-order valence-electron chi connectivity index (χ0n) is 11.5. The highest BCUT2D eigenvalue weighted by Gasteiger charge is 2.63. The van der Waals surface area contributed by atoms with Crippen molar-refractivity contribution in [3.8, 4) is 0 Å². The molecular weight excluding hydrogens is 312 g/mol. The summed E-state index contributed by atoms with van der Waals surface area (Å²) in [6.07, 6.45) is -0.315. The maximum absolute atomic E-state index is 12.8. The van der Waals surface area contributed by atoms with Crippen LogP contribution in [0.5, 0.6) is 0 Å². The van der Waals surface area contributed by atoms with Crippen molar-refractivity contribution in [2.45, 2.75) is 11.8 Å². The fourth-order valence-electron chi connectivity index (χ4n) is 3.03. The molecule has 1 atom stereocenters. The van der Waals surface area contributed by atoms with Gasteiger partial charge in [-0.3, -0.25) is 29.0 Å². The van der Waals surface area contributed by atoms with Crippen molar-refractivity contribution >= 4 is 41.0 Å². The van der Waals surface area contributed by atoms with E-state index in [1.54, 1.807) is 0 Å². The third-order valence-electron chi connectivity index (χ3n) is 4.07. The lowest BCUT2D eigenvalue weighted by Crippen LogP contribution is -2.47. The number of likely N-dealkylation sites (tertiary alicyclic amines) is 1. The molecule has 3 amide bonds. The van der Waals surface area contributed by atoms with E-state index in [0.717, 1.165) is 9.80 Å². The average molecular weight is 323 g/mol. The van der Waals surface area contributed by atoms with Crippen LogP contribution in [-0.2, 0) is 24.6 Å². The molecule has 3 rings (SSSR count). The van der Waals surface area contributed by atoms with Crippen LogP contribution in [0.1, 0.15) is 12.0 Å². The number of carbonyl (C=O) groups excluding carboxylic acids is 3. The number of anilines is 1. The van der Waals surface area contributed by atoms with Crippen LogP contribution in [-0.4, -0.2) is 47.3 Å². The van der Waals surface area contributed by atoms with Crippen molar-refractivity contribution in [3.05, 3.63) is 28.8 Å². The van der Waals surface area contributed by atoms with E-state index in [9.17, 15) is 19.2 Å². The van der Waals surface area contributed by atoms with E-state index in [0.29, 0.717) is 10.7 Å². The van der Waals surface area contributed by atoms with Gasteiger partial charge in [0.15, 0.2) is 5.41 Å². The molecule has 1 saturated heterocycles. The number of fused-ring (bicyclic) bond motifs is 2. The topological polar surface area (TPSA) is 95.0 Å². The summed E-state index contributed by atoms with van der Waals surface area (Å²) >= 11 is 5.95. The van der Waals surface area contributed by atoms with Gasteiger partial charge in [0, 0.05) is 23.3 Å². The molecule has 1 unspecified atom stereocenters. The maximum atomic E-state index is 12.8. The van der Waals surface area contributed by atoms with Crippen molar-refractivity contribution in [2.24, 2.45) is 0 Å². The van der Waals surface area contributed by atoms with Crippen molar-refractivity contribution in [2.75, 3.05) is 18.5 Å². The Morgan fingerprint density at radius 3 is 2.55 bits per heavy atom. The molecule has 0 aliphatic carbocycles. The fourth-order valence-corrected chi connectivity index (χ4v) is 3.20. The zero-order chi connectivity index (χ0) is 16.2. The molecule has 0 radical (unpaired) electrons. The van der Waals surface area contributed by atoms with Crippen LogP contribution in [0.2, 0.25) is 5.02 Å². The minimum Gasteiger partial charge on any atom is -0.480 e. The number of hydrogen-bond donors (Lipinski definition) is 1. The van der Waals surface area contributed by atoms with Crippen LogP contribution in [0.3, 0.4) is 0 Å². The highest BCUT2D eigenvalue weighted by Crippen LogP contribution is 2.48. The molecule has 2 aliphatic heterocycles. The maximum Gasteiger partial charge on any atom is 0.323 e. The first-order valence-electron chi connectivity index (χ1n) is 6.44. The Kier molecular flexibility index (Phi) is 3.00. The van der Waals surface area contributed by atoms with Crippen molar-refractivity contribution in [1.29, 1.82) is 0 Å². The smallest absolute Gasteiger partial charge is 0.323 e. The summed E-state index contributed by atoms with van der Waals surface area (Å²) in [5.41, 5.74) is -1.11. The van der Waals surface area contributed by atoms with Gasteiger partial charge < -0.3 is 5.11 Å². The number of imide groups is 1. The molecule has 7 nitrogen and oxygen atoms in total. The summed E-state index contributed by atoms with van der Waals surface area (Å²) < 4.78 is 0. The number of nitrogens with zero attached hydrogens (tertiary/aromatic N) is 2. The number of carboxylic acids is 1. The van der Waals surface area contributed by atoms with Crippen molar-refractivity contribution in [3.63, 3.8) is 0 Å². The standard InChI is InChI=1S/C14H11ClN2O5/c1-16-10(18)5-14(12(16)21)8-4-7(15)2-3-9(8)17(13(14)22)6-11(19)20/h2-4H,5-6H2,1H3,(H,19,20). The minimum atomic E-state index is -1.69. The van der Waals surface area contributed by atoms with Gasteiger partial charge in [0.2, 0.25) is 17.7 Å². The van der Waals surface area contributed by atoms with Gasteiger partial charge in [-0.2, -0.15) is 0 Å². The molecule has 2 aliphatic rings. The largest absolute Gasteiger partial charge is 0.480 e. The van der Waals surface area contributed by atoms with Gasteiger partial charge in [-0.1, -0.05) is 11.6 Å². The second kappa shape index (κ2) is 4.54. The highest BCUT2D eigenvalue weighted by molar-refractivity contribution is 6.32. The van der Waals surface area contributed by atoms with E-state index in [1.165, 1.54) is 25.2 Å². The molecule has 8 heteroatoms. The first-order chi connectivity index (χ1) is 10.3. The number of likely N-dealkylation sites (N-methyl/N-ethyl adjacent to an activating group) is 1. The van der Waals surface area contributed by atoms with E-state index >= 15 is 0 Å². The summed E-state index contributed by atoms with van der Waals surface area (Å²) in [4.78, 5) is 50.1. The number of benzene rings is 1. The zero-order valence-corrected chi connectivity index (χ0v) is 12.3. The lowest BCUT2D eigenvalue weighted by atomic mass is 9.80. The molecular formula is C14H11ClN2O5. The van der Waals surface area contributed by atoms with Crippen molar-refractivity contribution < 1.29 is 24.3 Å². The van der Waals surface area contributed by atoms with E-state index in [1.807, 2.05) is 0 Å². The van der Waals surface area contributed by atoms with Crippen LogP contribution in [0, 0.1) is 0 Å². The number of rotatable bonds is 2. The summed E-state index contributed by atoms with van der Waals surface area (Å²) in [5, 5.41) is 9.29. The Hall–Kier alpha value is -2.41. The van der Waals surface area contributed by atoms with Crippen LogP contribution in [0.15, 0.2) is 18.2 Å². The van der Waals surface area contributed by atoms with Gasteiger partial charge in [0.25, 0.3) is 0 Å². The third-order valence-corrected chi connectivity index (χ3v) is 4.31. The molecule has 2 heterocycles. The molecule has 1 N–H and O–H groups in total. The Bertz CT molecular complexity index is 747. The second-order valence-electron chi connectivity index (χ2n) is 5.29. The molecule has 1 fully saturated rings. The number of hydrogen-bond acceptors (Lipinski definition) is 4. The first kappa shape index (κ1) is 14.5. The van der Waals surface area contributed by atoms with Crippen LogP contribution >= 0.6 is 11.6 Å². The van der Waals surface area contributed by atoms with Gasteiger partial charge in [-0.05, 0) is 18.2 Å². The molecule has 22 heavy (non-hydrogen) atoms.